The third kappa shape index (κ3) is 0.721. The molecule has 0 bridgehead atoms. The van der Waals surface area contributed by atoms with E-state index in [4.69, 9.17) is 5.11 Å². The topological polar surface area (TPSA) is 46.5 Å². The highest BCUT2D eigenvalue weighted by Gasteiger charge is 2.49. The molecule has 1 aliphatic rings. The van der Waals surface area contributed by atoms with E-state index in [0.717, 1.165) is 0 Å². The van der Waals surface area contributed by atoms with Crippen LogP contribution in [0.4, 0.5) is 0 Å². The Morgan fingerprint density at radius 2 is 2.33 bits per heavy atom. The molecular weight excluding hydrogens is 120 g/mol. The fraction of sp³-hybridized carbons (Fsp3) is 0.833. The lowest BCUT2D eigenvalue weighted by Crippen LogP contribution is -2.54. The molecule has 3 heteroatoms. The summed E-state index contributed by atoms with van der Waals surface area (Å²) in [7, 11) is 0. The molecule has 1 atom stereocenters. The summed E-state index contributed by atoms with van der Waals surface area (Å²) >= 11 is 0. The van der Waals surface area contributed by atoms with E-state index in [1.807, 2.05) is 0 Å². The molecule has 52 valence electrons. The van der Waals surface area contributed by atoms with Crippen molar-refractivity contribution in [3.63, 3.8) is 0 Å². The van der Waals surface area contributed by atoms with Gasteiger partial charge in [0.05, 0.1) is 6.61 Å². The number of rotatable bonds is 1. The zero-order chi connectivity index (χ0) is 7.07. The number of hydrogen-bond donors (Lipinski definition) is 1. The highest BCUT2D eigenvalue weighted by Crippen LogP contribution is 2.34. The molecule has 0 radical (unpaired) electrons. The van der Waals surface area contributed by atoms with Gasteiger partial charge in [0.1, 0.15) is 11.5 Å². The molecule has 1 N–H and O–H groups in total. The molecule has 0 aromatic carbocycles. The van der Waals surface area contributed by atoms with Crippen molar-refractivity contribution >= 4 is 5.97 Å². The molecule has 0 aliphatic carbocycles. The van der Waals surface area contributed by atoms with Gasteiger partial charge in [-0.15, -0.1) is 0 Å². The average Bonchev–Trinajstić information content (AvgIpc) is 1.82. The summed E-state index contributed by atoms with van der Waals surface area (Å²) in [5.74, 6) is -0.221. The fourth-order valence-electron chi connectivity index (χ4n) is 0.767. The standard InChI is InChI=1S/C6H10O3/c1-6(2)4(3-7)9-5(6)8/h4,7H,3H2,1-2H3. The van der Waals surface area contributed by atoms with E-state index in [0.29, 0.717) is 0 Å². The maximum absolute atomic E-state index is 10.6. The SMILES string of the molecule is CC1(C)C(=O)OC1CO. The normalized spacial score (nSPS) is 31.0. The molecule has 9 heavy (non-hydrogen) atoms. The first-order valence-corrected chi connectivity index (χ1v) is 2.91. The Bertz CT molecular complexity index is 139. The number of ether oxygens (including phenoxy) is 1. The smallest absolute Gasteiger partial charge is 0.315 e. The predicted octanol–water partition coefficient (Wildman–Crippen LogP) is -0.0697. The summed E-state index contributed by atoms with van der Waals surface area (Å²) < 4.78 is 4.61. The zero-order valence-corrected chi connectivity index (χ0v) is 5.55. The molecule has 1 rings (SSSR count). The van der Waals surface area contributed by atoms with Crippen LogP contribution in [-0.2, 0) is 9.53 Å². The van der Waals surface area contributed by atoms with Crippen LogP contribution in [0, 0.1) is 5.41 Å². The number of carbonyl (C=O) groups excluding carboxylic acids is 1. The number of esters is 1. The summed E-state index contributed by atoms with van der Waals surface area (Å²) in [4.78, 5) is 10.6. The average molecular weight is 130 g/mol. The van der Waals surface area contributed by atoms with Gasteiger partial charge in [0.15, 0.2) is 0 Å². The van der Waals surface area contributed by atoms with Crippen molar-refractivity contribution in [2.75, 3.05) is 6.61 Å². The molecule has 3 nitrogen and oxygen atoms in total. The molecule has 1 saturated heterocycles. The summed E-state index contributed by atoms with van der Waals surface area (Å²) in [6.07, 6.45) is -0.287. The maximum atomic E-state index is 10.6. The highest BCUT2D eigenvalue weighted by atomic mass is 16.6. The first-order chi connectivity index (χ1) is 4.09. The molecule has 0 spiro atoms. The summed E-state index contributed by atoms with van der Waals surface area (Å²) in [6, 6.07) is 0. The van der Waals surface area contributed by atoms with Crippen LogP contribution in [0.15, 0.2) is 0 Å². The van der Waals surface area contributed by atoms with Crippen LogP contribution in [0.5, 0.6) is 0 Å². The van der Waals surface area contributed by atoms with E-state index >= 15 is 0 Å². The van der Waals surface area contributed by atoms with Crippen LogP contribution in [0.3, 0.4) is 0 Å². The molecule has 1 aliphatic heterocycles. The van der Waals surface area contributed by atoms with Gasteiger partial charge in [-0.2, -0.15) is 0 Å². The molecule has 1 heterocycles. The summed E-state index contributed by atoms with van der Waals surface area (Å²) in [6.45, 7) is 3.46. The zero-order valence-electron chi connectivity index (χ0n) is 5.55. The Labute approximate surface area is 53.6 Å². The number of carbonyl (C=O) groups is 1. The van der Waals surface area contributed by atoms with E-state index in [-0.39, 0.29) is 18.7 Å². The third-order valence-electron chi connectivity index (χ3n) is 1.75. The van der Waals surface area contributed by atoms with Crippen molar-refractivity contribution in [3.8, 4) is 0 Å². The highest BCUT2D eigenvalue weighted by molar-refractivity contribution is 5.82. The fourth-order valence-corrected chi connectivity index (χ4v) is 0.767. The summed E-state index contributed by atoms with van der Waals surface area (Å²) in [5, 5.41) is 8.56. The van der Waals surface area contributed by atoms with Gasteiger partial charge in [0, 0.05) is 0 Å². The first-order valence-electron chi connectivity index (χ1n) is 2.91. The molecule has 1 unspecified atom stereocenters. The molecule has 0 aromatic heterocycles. The monoisotopic (exact) mass is 130 g/mol. The minimum atomic E-state index is -0.464. The Hall–Kier alpha value is -0.570. The molecule has 0 saturated carbocycles. The lowest BCUT2D eigenvalue weighted by molar-refractivity contribution is -0.206. The van der Waals surface area contributed by atoms with Crippen LogP contribution < -0.4 is 0 Å². The van der Waals surface area contributed by atoms with E-state index in [1.54, 1.807) is 13.8 Å². The Morgan fingerprint density at radius 3 is 2.44 bits per heavy atom. The van der Waals surface area contributed by atoms with Crippen molar-refractivity contribution in [2.24, 2.45) is 5.41 Å². The largest absolute Gasteiger partial charge is 0.458 e. The molecule has 0 aromatic rings. The van der Waals surface area contributed by atoms with E-state index in [9.17, 15) is 4.79 Å². The van der Waals surface area contributed by atoms with Gasteiger partial charge in [-0.1, -0.05) is 0 Å². The van der Waals surface area contributed by atoms with E-state index in [1.165, 1.54) is 0 Å². The number of aliphatic hydroxyl groups excluding tert-OH is 1. The number of hydrogen-bond acceptors (Lipinski definition) is 3. The van der Waals surface area contributed by atoms with Crippen molar-refractivity contribution in [2.45, 2.75) is 20.0 Å². The van der Waals surface area contributed by atoms with Crippen molar-refractivity contribution < 1.29 is 14.6 Å². The van der Waals surface area contributed by atoms with Crippen LogP contribution in [0.1, 0.15) is 13.8 Å². The second-order valence-electron chi connectivity index (χ2n) is 2.80. The second kappa shape index (κ2) is 1.70. The van der Waals surface area contributed by atoms with Crippen LogP contribution >= 0.6 is 0 Å². The van der Waals surface area contributed by atoms with Crippen molar-refractivity contribution in [1.29, 1.82) is 0 Å². The van der Waals surface area contributed by atoms with Crippen LogP contribution in [-0.4, -0.2) is 23.8 Å². The van der Waals surface area contributed by atoms with Gasteiger partial charge in [-0.05, 0) is 13.8 Å². The van der Waals surface area contributed by atoms with Gasteiger partial charge in [-0.25, -0.2) is 0 Å². The van der Waals surface area contributed by atoms with Crippen molar-refractivity contribution in [3.05, 3.63) is 0 Å². The predicted molar refractivity (Wildman–Crippen MR) is 30.7 cm³/mol. The first kappa shape index (κ1) is 6.55. The Balaban J connectivity index is 2.58. The quantitative estimate of drug-likeness (QED) is 0.505. The van der Waals surface area contributed by atoms with Crippen molar-refractivity contribution in [1.82, 2.24) is 0 Å². The van der Waals surface area contributed by atoms with Crippen LogP contribution in [0.25, 0.3) is 0 Å². The Kier molecular flexibility index (Phi) is 1.24. The van der Waals surface area contributed by atoms with Gasteiger partial charge >= 0.3 is 5.97 Å². The minimum absolute atomic E-state index is 0.0707. The molecule has 0 amide bonds. The molecule has 1 fully saturated rings. The number of aliphatic hydroxyl groups is 1. The number of cyclic esters (lactones) is 1. The minimum Gasteiger partial charge on any atom is -0.458 e. The van der Waals surface area contributed by atoms with E-state index < -0.39 is 5.41 Å². The Morgan fingerprint density at radius 1 is 1.78 bits per heavy atom. The van der Waals surface area contributed by atoms with Gasteiger partial charge < -0.3 is 9.84 Å². The second-order valence-corrected chi connectivity index (χ2v) is 2.80. The van der Waals surface area contributed by atoms with Gasteiger partial charge in [-0.3, -0.25) is 4.79 Å². The van der Waals surface area contributed by atoms with E-state index in [2.05, 4.69) is 4.74 Å². The van der Waals surface area contributed by atoms with Crippen LogP contribution in [0.2, 0.25) is 0 Å². The lowest BCUT2D eigenvalue weighted by Gasteiger charge is -2.40. The van der Waals surface area contributed by atoms with Gasteiger partial charge in [0.25, 0.3) is 0 Å². The lowest BCUT2D eigenvalue weighted by atomic mass is 9.82. The van der Waals surface area contributed by atoms with Gasteiger partial charge in [0.2, 0.25) is 0 Å². The maximum Gasteiger partial charge on any atom is 0.315 e. The third-order valence-corrected chi connectivity index (χ3v) is 1.75. The molecular formula is C6H10O3. The summed E-state index contributed by atoms with van der Waals surface area (Å²) in [5.41, 5.74) is -0.464.